The molecule has 0 saturated heterocycles. The van der Waals surface area contributed by atoms with Crippen LogP contribution in [0.4, 0.5) is 11.4 Å². The molecule has 0 aliphatic heterocycles. The molecule has 1 unspecified atom stereocenters. The van der Waals surface area contributed by atoms with Gasteiger partial charge in [0.15, 0.2) is 0 Å². The summed E-state index contributed by atoms with van der Waals surface area (Å²) in [5.41, 5.74) is 7.46. The SMILES string of the molecule is CNC(=O)C(C)CN(C)c1cccc(N)c1. The second-order valence-corrected chi connectivity index (χ2v) is 3.99. The summed E-state index contributed by atoms with van der Waals surface area (Å²) < 4.78 is 0. The first-order valence-electron chi connectivity index (χ1n) is 5.33. The predicted molar refractivity (Wildman–Crippen MR) is 67.4 cm³/mol. The molecule has 0 aliphatic carbocycles. The highest BCUT2D eigenvalue weighted by Crippen LogP contribution is 2.17. The van der Waals surface area contributed by atoms with Gasteiger partial charge in [-0.1, -0.05) is 13.0 Å². The quantitative estimate of drug-likeness (QED) is 0.748. The summed E-state index contributed by atoms with van der Waals surface area (Å²) in [5.74, 6) is 0.00665. The third kappa shape index (κ3) is 3.15. The summed E-state index contributed by atoms with van der Waals surface area (Å²) in [7, 11) is 3.60. The van der Waals surface area contributed by atoms with Crippen molar-refractivity contribution in [2.24, 2.45) is 5.92 Å². The smallest absolute Gasteiger partial charge is 0.224 e. The molecular weight excluding hydrogens is 202 g/mol. The van der Waals surface area contributed by atoms with E-state index in [2.05, 4.69) is 5.32 Å². The molecule has 0 heterocycles. The van der Waals surface area contributed by atoms with Crippen molar-refractivity contribution in [3.05, 3.63) is 24.3 Å². The van der Waals surface area contributed by atoms with Gasteiger partial charge < -0.3 is 16.0 Å². The standard InChI is InChI=1S/C12H19N3O/c1-9(12(16)14-2)8-15(3)11-6-4-5-10(13)7-11/h4-7,9H,8,13H2,1-3H3,(H,14,16). The summed E-state index contributed by atoms with van der Waals surface area (Å²) in [6.07, 6.45) is 0. The van der Waals surface area contributed by atoms with E-state index in [1.807, 2.05) is 43.1 Å². The topological polar surface area (TPSA) is 58.4 Å². The van der Waals surface area contributed by atoms with Crippen molar-refractivity contribution < 1.29 is 4.79 Å². The van der Waals surface area contributed by atoms with Crippen molar-refractivity contribution >= 4 is 17.3 Å². The Morgan fingerprint density at radius 2 is 2.25 bits per heavy atom. The number of benzene rings is 1. The number of nitrogens with one attached hydrogen (secondary N) is 1. The lowest BCUT2D eigenvalue weighted by molar-refractivity contribution is -0.123. The highest BCUT2D eigenvalue weighted by Gasteiger charge is 2.13. The van der Waals surface area contributed by atoms with Crippen LogP contribution in [-0.2, 0) is 4.79 Å². The first-order chi connectivity index (χ1) is 7.54. The van der Waals surface area contributed by atoms with Crippen LogP contribution >= 0.6 is 0 Å². The zero-order valence-corrected chi connectivity index (χ0v) is 10.0. The highest BCUT2D eigenvalue weighted by molar-refractivity contribution is 5.78. The van der Waals surface area contributed by atoms with Gasteiger partial charge in [0.05, 0.1) is 5.92 Å². The molecule has 1 rings (SSSR count). The number of carbonyl (C=O) groups excluding carboxylic acids is 1. The Kier molecular flexibility index (Phi) is 4.17. The number of carbonyl (C=O) groups is 1. The van der Waals surface area contributed by atoms with Crippen molar-refractivity contribution in [3.63, 3.8) is 0 Å². The third-order valence-electron chi connectivity index (χ3n) is 2.55. The Hall–Kier alpha value is -1.71. The molecule has 0 saturated carbocycles. The summed E-state index contributed by atoms with van der Waals surface area (Å²) >= 11 is 0. The Morgan fingerprint density at radius 1 is 1.56 bits per heavy atom. The maximum absolute atomic E-state index is 11.4. The predicted octanol–water partition coefficient (Wildman–Crippen LogP) is 1.09. The van der Waals surface area contributed by atoms with Gasteiger partial charge in [-0.25, -0.2) is 0 Å². The zero-order valence-electron chi connectivity index (χ0n) is 10.0. The molecule has 0 fully saturated rings. The fourth-order valence-electron chi connectivity index (χ4n) is 1.61. The molecule has 0 spiro atoms. The Bertz CT molecular complexity index is 365. The second-order valence-electron chi connectivity index (χ2n) is 3.99. The van der Waals surface area contributed by atoms with Crippen LogP contribution in [0.15, 0.2) is 24.3 Å². The van der Waals surface area contributed by atoms with Crippen LogP contribution in [-0.4, -0.2) is 26.5 Å². The van der Waals surface area contributed by atoms with Gasteiger partial charge in [-0.3, -0.25) is 4.79 Å². The van der Waals surface area contributed by atoms with Crippen LogP contribution in [0, 0.1) is 5.92 Å². The number of anilines is 2. The normalized spacial score (nSPS) is 11.9. The fourth-order valence-corrected chi connectivity index (χ4v) is 1.61. The van der Waals surface area contributed by atoms with E-state index in [-0.39, 0.29) is 11.8 Å². The zero-order chi connectivity index (χ0) is 12.1. The molecule has 0 radical (unpaired) electrons. The monoisotopic (exact) mass is 221 g/mol. The van der Waals surface area contributed by atoms with Gasteiger partial charge in [0.1, 0.15) is 0 Å². The van der Waals surface area contributed by atoms with E-state index < -0.39 is 0 Å². The molecular formula is C12H19N3O. The molecule has 0 aromatic heterocycles. The summed E-state index contributed by atoms with van der Waals surface area (Å²) in [6.45, 7) is 2.57. The van der Waals surface area contributed by atoms with Crippen molar-refractivity contribution in [3.8, 4) is 0 Å². The summed E-state index contributed by atoms with van der Waals surface area (Å²) in [5, 5.41) is 2.64. The molecule has 1 amide bonds. The van der Waals surface area contributed by atoms with Gasteiger partial charge in [-0.15, -0.1) is 0 Å². The van der Waals surface area contributed by atoms with Crippen molar-refractivity contribution in [2.45, 2.75) is 6.92 Å². The molecule has 0 aliphatic rings. The highest BCUT2D eigenvalue weighted by atomic mass is 16.1. The van der Waals surface area contributed by atoms with E-state index in [0.29, 0.717) is 6.54 Å². The van der Waals surface area contributed by atoms with Gasteiger partial charge in [0, 0.05) is 32.0 Å². The number of hydrogen-bond donors (Lipinski definition) is 2. The number of amides is 1. The van der Waals surface area contributed by atoms with E-state index >= 15 is 0 Å². The molecule has 1 atom stereocenters. The van der Waals surface area contributed by atoms with Crippen LogP contribution in [0.5, 0.6) is 0 Å². The molecule has 1 aromatic carbocycles. The number of nitrogens with two attached hydrogens (primary N) is 1. The van der Waals surface area contributed by atoms with Crippen molar-refractivity contribution in [1.82, 2.24) is 5.32 Å². The maximum Gasteiger partial charge on any atom is 0.224 e. The van der Waals surface area contributed by atoms with Crippen LogP contribution in [0.25, 0.3) is 0 Å². The second kappa shape index (κ2) is 5.39. The molecule has 88 valence electrons. The van der Waals surface area contributed by atoms with Crippen LogP contribution < -0.4 is 16.0 Å². The minimum atomic E-state index is -0.0450. The van der Waals surface area contributed by atoms with E-state index in [4.69, 9.17) is 5.73 Å². The molecule has 0 bridgehead atoms. The van der Waals surface area contributed by atoms with Gasteiger partial charge in [-0.2, -0.15) is 0 Å². The molecule has 4 nitrogen and oxygen atoms in total. The van der Waals surface area contributed by atoms with Crippen LogP contribution in [0.2, 0.25) is 0 Å². The number of rotatable bonds is 4. The van der Waals surface area contributed by atoms with Crippen molar-refractivity contribution in [1.29, 1.82) is 0 Å². The van der Waals surface area contributed by atoms with E-state index in [9.17, 15) is 4.79 Å². The first-order valence-corrected chi connectivity index (χ1v) is 5.33. The first kappa shape index (κ1) is 12.4. The summed E-state index contributed by atoms with van der Waals surface area (Å²) in [4.78, 5) is 13.4. The van der Waals surface area contributed by atoms with E-state index in [1.165, 1.54) is 0 Å². The van der Waals surface area contributed by atoms with Crippen LogP contribution in [0.3, 0.4) is 0 Å². The largest absolute Gasteiger partial charge is 0.399 e. The lowest BCUT2D eigenvalue weighted by atomic mass is 10.1. The van der Waals surface area contributed by atoms with Crippen LogP contribution in [0.1, 0.15) is 6.92 Å². The number of nitrogens with zero attached hydrogens (tertiary/aromatic N) is 1. The molecule has 1 aromatic rings. The third-order valence-corrected chi connectivity index (χ3v) is 2.55. The van der Waals surface area contributed by atoms with Crippen molar-refractivity contribution in [2.75, 3.05) is 31.3 Å². The molecule has 16 heavy (non-hydrogen) atoms. The Morgan fingerprint density at radius 3 is 2.81 bits per heavy atom. The minimum Gasteiger partial charge on any atom is -0.399 e. The summed E-state index contributed by atoms with van der Waals surface area (Å²) in [6, 6.07) is 7.63. The average Bonchev–Trinajstić information content (AvgIpc) is 2.27. The van der Waals surface area contributed by atoms with E-state index in [0.717, 1.165) is 11.4 Å². The Balaban J connectivity index is 2.65. The van der Waals surface area contributed by atoms with Gasteiger partial charge >= 0.3 is 0 Å². The van der Waals surface area contributed by atoms with Gasteiger partial charge in [0.2, 0.25) is 5.91 Å². The maximum atomic E-state index is 11.4. The number of nitrogen functional groups attached to an aromatic ring is 1. The fraction of sp³-hybridized carbons (Fsp3) is 0.417. The van der Waals surface area contributed by atoms with E-state index in [1.54, 1.807) is 7.05 Å². The lowest BCUT2D eigenvalue weighted by Crippen LogP contribution is -2.34. The average molecular weight is 221 g/mol. The minimum absolute atomic E-state index is 0.0450. The number of hydrogen-bond acceptors (Lipinski definition) is 3. The molecule has 4 heteroatoms. The lowest BCUT2D eigenvalue weighted by Gasteiger charge is -2.22. The van der Waals surface area contributed by atoms with Gasteiger partial charge in [-0.05, 0) is 18.2 Å². The Labute approximate surface area is 96.4 Å². The van der Waals surface area contributed by atoms with Gasteiger partial charge in [0.25, 0.3) is 0 Å². The molecule has 3 N–H and O–H groups in total.